The summed E-state index contributed by atoms with van der Waals surface area (Å²) in [6.07, 6.45) is 26.5. The number of ether oxygens (including phenoxy) is 2. The van der Waals surface area contributed by atoms with E-state index in [9.17, 15) is 0 Å². The molecule has 0 saturated carbocycles. The second kappa shape index (κ2) is 23.1. The highest BCUT2D eigenvalue weighted by atomic mass is 16.5. The van der Waals surface area contributed by atoms with E-state index in [2.05, 4.69) is 13.2 Å². The van der Waals surface area contributed by atoms with E-state index in [1.54, 1.807) is 12.5 Å². The van der Waals surface area contributed by atoms with Crippen LogP contribution < -0.4 is 0 Å². The fourth-order valence-corrected chi connectivity index (χ4v) is 3.19. The molecule has 0 rings (SSSR count). The van der Waals surface area contributed by atoms with E-state index in [1.807, 2.05) is 0 Å². The first kappa shape index (κ1) is 24.1. The molecule has 0 saturated heterocycles. The predicted octanol–water partition coefficient (Wildman–Crippen LogP) is 7.94. The molecule has 0 aliphatic rings. The van der Waals surface area contributed by atoms with Crippen LogP contribution in [-0.2, 0) is 9.47 Å². The lowest BCUT2D eigenvalue weighted by Crippen LogP contribution is -1.88. The molecule has 0 bridgehead atoms. The van der Waals surface area contributed by atoms with E-state index in [1.165, 1.54) is 109 Å². The number of rotatable bonds is 22. The molecule has 0 heterocycles. The summed E-state index contributed by atoms with van der Waals surface area (Å²) in [7, 11) is 0. The third-order valence-electron chi connectivity index (χ3n) is 4.76. The zero-order valence-electron chi connectivity index (χ0n) is 16.8. The van der Waals surface area contributed by atoms with Crippen LogP contribution in [-0.4, -0.2) is 13.2 Å². The summed E-state index contributed by atoms with van der Waals surface area (Å²) in [6.45, 7) is 8.79. The van der Waals surface area contributed by atoms with E-state index in [4.69, 9.17) is 9.47 Å². The summed E-state index contributed by atoms with van der Waals surface area (Å²) < 4.78 is 10.3. The Labute approximate surface area is 158 Å². The number of unbranched alkanes of at least 4 members (excludes halogenated alkanes) is 16. The lowest BCUT2D eigenvalue weighted by atomic mass is 10.0. The largest absolute Gasteiger partial charge is 0.502 e. The summed E-state index contributed by atoms with van der Waals surface area (Å²) in [6, 6.07) is 0. The number of hydrogen-bond donors (Lipinski definition) is 0. The molecule has 0 spiro atoms. The van der Waals surface area contributed by atoms with Crippen LogP contribution in [0.5, 0.6) is 0 Å². The minimum Gasteiger partial charge on any atom is -0.502 e. The Morgan fingerprint density at radius 1 is 0.360 bits per heavy atom. The Bertz CT molecular complexity index is 237. The third-order valence-corrected chi connectivity index (χ3v) is 4.76. The molecule has 148 valence electrons. The lowest BCUT2D eigenvalue weighted by molar-refractivity contribution is 0.241. The van der Waals surface area contributed by atoms with Gasteiger partial charge in [0.2, 0.25) is 0 Å². The molecule has 0 unspecified atom stereocenters. The van der Waals surface area contributed by atoms with Crippen molar-refractivity contribution in [1.82, 2.24) is 0 Å². The van der Waals surface area contributed by atoms with E-state index in [0.717, 1.165) is 13.2 Å². The standard InChI is InChI=1S/C23H44O2/c1-3-24-22-20-18-16-14-12-10-8-6-5-7-9-11-13-15-17-19-21-23-25-4-2/h3-4H,1-2,5-23H2. The Morgan fingerprint density at radius 2 is 0.560 bits per heavy atom. The normalized spacial score (nSPS) is 10.6. The molecule has 0 aromatic heterocycles. The molecule has 0 N–H and O–H groups in total. The molecule has 2 nitrogen and oxygen atoms in total. The first-order chi connectivity index (χ1) is 12.4. The van der Waals surface area contributed by atoms with Gasteiger partial charge in [-0.15, -0.1) is 0 Å². The van der Waals surface area contributed by atoms with Crippen molar-refractivity contribution in [2.75, 3.05) is 13.2 Å². The first-order valence-corrected chi connectivity index (χ1v) is 10.9. The van der Waals surface area contributed by atoms with Crippen LogP contribution in [0.15, 0.2) is 25.7 Å². The molecular formula is C23H44O2. The van der Waals surface area contributed by atoms with Gasteiger partial charge in [0, 0.05) is 0 Å². The zero-order valence-corrected chi connectivity index (χ0v) is 16.8. The maximum Gasteiger partial charge on any atom is 0.0873 e. The predicted molar refractivity (Wildman–Crippen MR) is 111 cm³/mol. The van der Waals surface area contributed by atoms with Gasteiger partial charge in [-0.2, -0.15) is 0 Å². The van der Waals surface area contributed by atoms with Gasteiger partial charge >= 0.3 is 0 Å². The SMILES string of the molecule is C=COCCCCCCCCCCCCCCCCCCCOC=C. The van der Waals surface area contributed by atoms with Crippen LogP contribution in [0, 0.1) is 0 Å². The smallest absolute Gasteiger partial charge is 0.0873 e. The molecule has 0 aromatic carbocycles. The van der Waals surface area contributed by atoms with Crippen molar-refractivity contribution >= 4 is 0 Å². The van der Waals surface area contributed by atoms with Crippen LogP contribution in [0.25, 0.3) is 0 Å². The first-order valence-electron chi connectivity index (χ1n) is 10.9. The summed E-state index contributed by atoms with van der Waals surface area (Å²) >= 11 is 0. The van der Waals surface area contributed by atoms with Crippen LogP contribution in [0.4, 0.5) is 0 Å². The minimum atomic E-state index is 0.841. The average molecular weight is 353 g/mol. The van der Waals surface area contributed by atoms with E-state index >= 15 is 0 Å². The topological polar surface area (TPSA) is 18.5 Å². The second-order valence-corrected chi connectivity index (χ2v) is 7.09. The Hall–Kier alpha value is -0.920. The van der Waals surface area contributed by atoms with Gasteiger partial charge < -0.3 is 9.47 Å². The molecule has 0 atom stereocenters. The summed E-state index contributed by atoms with van der Waals surface area (Å²) in [4.78, 5) is 0. The van der Waals surface area contributed by atoms with Gasteiger partial charge in [-0.25, -0.2) is 0 Å². The maximum absolute atomic E-state index is 5.13. The molecule has 25 heavy (non-hydrogen) atoms. The maximum atomic E-state index is 5.13. The molecule has 2 heteroatoms. The van der Waals surface area contributed by atoms with Crippen LogP contribution >= 0.6 is 0 Å². The van der Waals surface area contributed by atoms with E-state index in [-0.39, 0.29) is 0 Å². The molecular weight excluding hydrogens is 308 g/mol. The van der Waals surface area contributed by atoms with Gasteiger partial charge in [0.25, 0.3) is 0 Å². The third kappa shape index (κ3) is 23.1. The molecule has 0 amide bonds. The highest BCUT2D eigenvalue weighted by Crippen LogP contribution is 2.14. The van der Waals surface area contributed by atoms with E-state index in [0.29, 0.717) is 0 Å². The molecule has 0 aliphatic carbocycles. The fraction of sp³-hybridized carbons (Fsp3) is 0.826. The average Bonchev–Trinajstić information content (AvgIpc) is 2.63. The zero-order chi connectivity index (χ0) is 18.3. The Balaban J connectivity index is 2.96. The van der Waals surface area contributed by atoms with Gasteiger partial charge in [0.05, 0.1) is 25.7 Å². The number of hydrogen-bond acceptors (Lipinski definition) is 2. The molecule has 0 fully saturated rings. The highest BCUT2D eigenvalue weighted by molar-refractivity contribution is 4.52. The van der Waals surface area contributed by atoms with Crippen molar-refractivity contribution in [2.24, 2.45) is 0 Å². The molecule has 0 aliphatic heterocycles. The second-order valence-electron chi connectivity index (χ2n) is 7.09. The van der Waals surface area contributed by atoms with Crippen LogP contribution in [0.1, 0.15) is 109 Å². The van der Waals surface area contributed by atoms with Crippen molar-refractivity contribution in [1.29, 1.82) is 0 Å². The Kier molecular flexibility index (Phi) is 22.2. The lowest BCUT2D eigenvalue weighted by Gasteiger charge is -2.04. The monoisotopic (exact) mass is 352 g/mol. The fourth-order valence-electron chi connectivity index (χ4n) is 3.19. The van der Waals surface area contributed by atoms with Gasteiger partial charge in [-0.3, -0.25) is 0 Å². The van der Waals surface area contributed by atoms with Crippen molar-refractivity contribution in [3.8, 4) is 0 Å². The minimum absolute atomic E-state index is 0.841. The van der Waals surface area contributed by atoms with Crippen molar-refractivity contribution in [3.05, 3.63) is 25.7 Å². The summed E-state index contributed by atoms with van der Waals surface area (Å²) in [5.74, 6) is 0. The summed E-state index contributed by atoms with van der Waals surface area (Å²) in [5, 5.41) is 0. The highest BCUT2D eigenvalue weighted by Gasteiger charge is 1.95. The van der Waals surface area contributed by atoms with Gasteiger partial charge in [0.1, 0.15) is 0 Å². The quantitative estimate of drug-likeness (QED) is 0.145. The molecule has 0 aromatic rings. The van der Waals surface area contributed by atoms with E-state index < -0.39 is 0 Å². The van der Waals surface area contributed by atoms with Crippen molar-refractivity contribution in [2.45, 2.75) is 109 Å². The Morgan fingerprint density at radius 3 is 0.760 bits per heavy atom. The van der Waals surface area contributed by atoms with Gasteiger partial charge in [-0.1, -0.05) is 109 Å². The summed E-state index contributed by atoms with van der Waals surface area (Å²) in [5.41, 5.74) is 0. The van der Waals surface area contributed by atoms with Crippen LogP contribution in [0.3, 0.4) is 0 Å². The van der Waals surface area contributed by atoms with Gasteiger partial charge in [0.15, 0.2) is 0 Å². The molecule has 0 radical (unpaired) electrons. The van der Waals surface area contributed by atoms with Gasteiger partial charge in [-0.05, 0) is 12.8 Å². The van der Waals surface area contributed by atoms with Crippen molar-refractivity contribution in [3.63, 3.8) is 0 Å². The van der Waals surface area contributed by atoms with Crippen molar-refractivity contribution < 1.29 is 9.47 Å². The van der Waals surface area contributed by atoms with Crippen LogP contribution in [0.2, 0.25) is 0 Å².